The second kappa shape index (κ2) is 2.48. The van der Waals surface area contributed by atoms with Crippen molar-refractivity contribution in [1.29, 1.82) is 0 Å². The van der Waals surface area contributed by atoms with E-state index in [1.165, 1.54) is 0 Å². The number of fused-ring (bicyclic) bond motifs is 1. The van der Waals surface area contributed by atoms with Crippen LogP contribution in [0.3, 0.4) is 0 Å². The molecule has 0 bridgehead atoms. The minimum absolute atomic E-state index is 0.0475. The molecule has 0 saturated carbocycles. The third-order valence-corrected chi connectivity index (χ3v) is 2.33. The van der Waals surface area contributed by atoms with Crippen LogP contribution in [0.25, 0.3) is 0 Å². The van der Waals surface area contributed by atoms with Gasteiger partial charge in [-0.2, -0.15) is 0 Å². The second-order valence-electron chi connectivity index (χ2n) is 3.29. The summed E-state index contributed by atoms with van der Waals surface area (Å²) in [6, 6.07) is 0. The normalized spacial score (nSPS) is 43.4. The molecule has 3 nitrogen and oxygen atoms in total. The first-order valence-electron chi connectivity index (χ1n) is 4.10. The van der Waals surface area contributed by atoms with Gasteiger partial charge in [-0.15, -0.1) is 0 Å². The van der Waals surface area contributed by atoms with Crippen molar-refractivity contribution < 1.29 is 14.3 Å². The largest absolute Gasteiger partial charge is 0.460 e. The lowest BCUT2D eigenvalue weighted by Gasteiger charge is -2.28. The highest BCUT2D eigenvalue weighted by Gasteiger charge is 2.39. The van der Waals surface area contributed by atoms with Gasteiger partial charge in [0.2, 0.25) is 0 Å². The highest BCUT2D eigenvalue weighted by molar-refractivity contribution is 5.72. The summed E-state index contributed by atoms with van der Waals surface area (Å²) in [7, 11) is 0. The van der Waals surface area contributed by atoms with Gasteiger partial charge in [0.25, 0.3) is 0 Å². The standard InChI is InChI=1S/C8H12O3/c1-5-2-3-6-7(10-5)4-8(9)11-6/h5-7H,2-4H2,1H3/t5-,6+,7+/m1/s1. The summed E-state index contributed by atoms with van der Waals surface area (Å²) < 4.78 is 10.6. The summed E-state index contributed by atoms with van der Waals surface area (Å²) in [5.74, 6) is -0.103. The summed E-state index contributed by atoms with van der Waals surface area (Å²) in [6.07, 6.45) is 2.83. The number of rotatable bonds is 0. The molecule has 2 aliphatic rings. The Balaban J connectivity index is 2.02. The van der Waals surface area contributed by atoms with Gasteiger partial charge < -0.3 is 9.47 Å². The highest BCUT2D eigenvalue weighted by Crippen LogP contribution is 2.29. The van der Waals surface area contributed by atoms with Crippen LogP contribution < -0.4 is 0 Å². The van der Waals surface area contributed by atoms with Gasteiger partial charge in [0.15, 0.2) is 0 Å². The predicted octanol–water partition coefficient (Wildman–Crippen LogP) is 0.869. The Morgan fingerprint density at radius 2 is 2.18 bits per heavy atom. The molecule has 2 saturated heterocycles. The molecular weight excluding hydrogens is 144 g/mol. The van der Waals surface area contributed by atoms with E-state index in [2.05, 4.69) is 0 Å². The molecule has 0 radical (unpaired) electrons. The van der Waals surface area contributed by atoms with E-state index in [-0.39, 0.29) is 18.2 Å². The molecule has 2 fully saturated rings. The number of hydrogen-bond acceptors (Lipinski definition) is 3. The van der Waals surface area contributed by atoms with E-state index < -0.39 is 0 Å². The van der Waals surface area contributed by atoms with Gasteiger partial charge >= 0.3 is 5.97 Å². The van der Waals surface area contributed by atoms with Crippen LogP contribution in [0.2, 0.25) is 0 Å². The SMILES string of the molecule is C[C@@H]1CC[C@@H]2OC(=O)C[C@@H]2O1. The third kappa shape index (κ3) is 1.25. The molecule has 2 aliphatic heterocycles. The van der Waals surface area contributed by atoms with Crippen molar-refractivity contribution in [3.05, 3.63) is 0 Å². The van der Waals surface area contributed by atoms with Crippen molar-refractivity contribution >= 4 is 5.97 Å². The predicted molar refractivity (Wildman–Crippen MR) is 38.1 cm³/mol. The van der Waals surface area contributed by atoms with Crippen molar-refractivity contribution in [2.45, 2.75) is 44.5 Å². The van der Waals surface area contributed by atoms with E-state index in [0.717, 1.165) is 12.8 Å². The molecule has 3 heteroatoms. The monoisotopic (exact) mass is 156 g/mol. The van der Waals surface area contributed by atoms with Gasteiger partial charge in [0.05, 0.1) is 12.5 Å². The maximum Gasteiger partial charge on any atom is 0.308 e. The average Bonchev–Trinajstić information content (AvgIpc) is 2.27. The molecule has 0 unspecified atom stereocenters. The van der Waals surface area contributed by atoms with Crippen LogP contribution in [0, 0.1) is 0 Å². The molecule has 62 valence electrons. The fourth-order valence-electron chi connectivity index (χ4n) is 1.73. The number of ether oxygens (including phenoxy) is 2. The van der Waals surface area contributed by atoms with Crippen molar-refractivity contribution in [2.24, 2.45) is 0 Å². The smallest absolute Gasteiger partial charge is 0.308 e. The van der Waals surface area contributed by atoms with Crippen molar-refractivity contribution in [2.75, 3.05) is 0 Å². The van der Waals surface area contributed by atoms with Crippen LogP contribution >= 0.6 is 0 Å². The first kappa shape index (κ1) is 7.10. The Hall–Kier alpha value is -0.570. The molecule has 2 rings (SSSR count). The maximum atomic E-state index is 10.8. The second-order valence-corrected chi connectivity index (χ2v) is 3.29. The Kier molecular flexibility index (Phi) is 1.60. The van der Waals surface area contributed by atoms with Gasteiger partial charge in [-0.25, -0.2) is 0 Å². The van der Waals surface area contributed by atoms with Crippen LogP contribution in [0.1, 0.15) is 26.2 Å². The van der Waals surface area contributed by atoms with Crippen molar-refractivity contribution in [3.63, 3.8) is 0 Å². The van der Waals surface area contributed by atoms with E-state index in [4.69, 9.17) is 9.47 Å². The molecule has 2 heterocycles. The topological polar surface area (TPSA) is 35.5 Å². The van der Waals surface area contributed by atoms with Gasteiger partial charge in [-0.1, -0.05) is 0 Å². The first-order valence-corrected chi connectivity index (χ1v) is 4.10. The summed E-state index contributed by atoms with van der Waals surface area (Å²) in [5, 5.41) is 0. The fourth-order valence-corrected chi connectivity index (χ4v) is 1.73. The van der Waals surface area contributed by atoms with Gasteiger partial charge in [-0.05, 0) is 19.8 Å². The lowest BCUT2D eigenvalue weighted by atomic mass is 10.0. The van der Waals surface area contributed by atoms with E-state index in [1.807, 2.05) is 6.92 Å². The Morgan fingerprint density at radius 1 is 1.36 bits per heavy atom. The highest BCUT2D eigenvalue weighted by atomic mass is 16.6. The van der Waals surface area contributed by atoms with Crippen LogP contribution in [0.15, 0.2) is 0 Å². The molecule has 0 aromatic rings. The number of carbonyl (C=O) groups is 1. The Bertz CT molecular complexity index is 178. The van der Waals surface area contributed by atoms with Crippen LogP contribution in [0.4, 0.5) is 0 Å². The van der Waals surface area contributed by atoms with E-state index >= 15 is 0 Å². The zero-order valence-electron chi connectivity index (χ0n) is 6.58. The lowest BCUT2D eigenvalue weighted by molar-refractivity contribution is -0.144. The minimum atomic E-state index is -0.103. The van der Waals surface area contributed by atoms with Gasteiger partial charge in [0.1, 0.15) is 12.2 Å². The van der Waals surface area contributed by atoms with Crippen molar-refractivity contribution in [1.82, 2.24) is 0 Å². The number of esters is 1. The van der Waals surface area contributed by atoms with Crippen LogP contribution in [-0.4, -0.2) is 24.3 Å². The molecule has 0 aliphatic carbocycles. The van der Waals surface area contributed by atoms with Crippen LogP contribution in [-0.2, 0) is 14.3 Å². The zero-order chi connectivity index (χ0) is 7.84. The molecule has 0 spiro atoms. The summed E-state index contributed by atoms with van der Waals surface area (Å²) in [4.78, 5) is 10.8. The minimum Gasteiger partial charge on any atom is -0.460 e. The van der Waals surface area contributed by atoms with Gasteiger partial charge in [-0.3, -0.25) is 4.79 Å². The van der Waals surface area contributed by atoms with Crippen molar-refractivity contribution in [3.8, 4) is 0 Å². The maximum absolute atomic E-state index is 10.8. The van der Waals surface area contributed by atoms with Crippen LogP contribution in [0.5, 0.6) is 0 Å². The molecule has 0 aromatic heterocycles. The van der Waals surface area contributed by atoms with Gasteiger partial charge in [0, 0.05) is 0 Å². The molecule has 0 N–H and O–H groups in total. The molecule has 0 aromatic carbocycles. The summed E-state index contributed by atoms with van der Waals surface area (Å²) in [6.45, 7) is 2.04. The van der Waals surface area contributed by atoms with E-state index in [9.17, 15) is 4.79 Å². The summed E-state index contributed by atoms with van der Waals surface area (Å²) >= 11 is 0. The molecule has 11 heavy (non-hydrogen) atoms. The Morgan fingerprint density at radius 3 is 3.00 bits per heavy atom. The third-order valence-electron chi connectivity index (χ3n) is 2.33. The average molecular weight is 156 g/mol. The summed E-state index contributed by atoms with van der Waals surface area (Å²) in [5.41, 5.74) is 0. The first-order chi connectivity index (χ1) is 5.25. The lowest BCUT2D eigenvalue weighted by Crippen LogP contribution is -2.34. The Labute approximate surface area is 65.7 Å². The molecule has 3 atom stereocenters. The molecular formula is C8H12O3. The van der Waals surface area contributed by atoms with E-state index in [1.54, 1.807) is 0 Å². The van der Waals surface area contributed by atoms with E-state index in [0.29, 0.717) is 12.5 Å². The quantitative estimate of drug-likeness (QED) is 0.488. The molecule has 0 amide bonds. The number of hydrogen-bond donors (Lipinski definition) is 0. The number of carbonyl (C=O) groups excluding carboxylic acids is 1. The zero-order valence-corrected chi connectivity index (χ0v) is 6.58. The fraction of sp³-hybridized carbons (Fsp3) is 0.875.